The van der Waals surface area contributed by atoms with E-state index in [0.717, 1.165) is 24.5 Å². The van der Waals surface area contributed by atoms with Crippen molar-refractivity contribution in [2.24, 2.45) is 0 Å². The molecule has 1 aromatic rings. The molecular formula is C13H22N2O2. The van der Waals surface area contributed by atoms with Crippen LogP contribution in [-0.2, 0) is 16.1 Å². The summed E-state index contributed by atoms with van der Waals surface area (Å²) >= 11 is 0. The first-order valence-corrected chi connectivity index (χ1v) is 6.16. The number of ether oxygens (including phenoxy) is 2. The first-order chi connectivity index (χ1) is 8.36. The molecule has 96 valence electrons. The number of nitrogens with zero attached hydrogens (tertiary/aromatic N) is 1. The van der Waals surface area contributed by atoms with Crippen molar-refractivity contribution in [2.45, 2.75) is 26.4 Å². The molecule has 0 aliphatic heterocycles. The van der Waals surface area contributed by atoms with Gasteiger partial charge in [-0.25, -0.2) is 4.98 Å². The molecular weight excluding hydrogens is 216 g/mol. The first kappa shape index (κ1) is 13.9. The summed E-state index contributed by atoms with van der Waals surface area (Å²) in [6, 6.07) is 5.85. The van der Waals surface area contributed by atoms with Gasteiger partial charge in [0.25, 0.3) is 0 Å². The summed E-state index contributed by atoms with van der Waals surface area (Å²) in [6.07, 6.45) is 2.29. The second-order valence-corrected chi connectivity index (χ2v) is 3.78. The van der Waals surface area contributed by atoms with Crippen molar-refractivity contribution in [1.29, 1.82) is 0 Å². The summed E-state index contributed by atoms with van der Waals surface area (Å²) in [5.41, 5.74) is 0.936. The summed E-state index contributed by atoms with van der Waals surface area (Å²) in [4.78, 5) is 4.36. The second-order valence-electron chi connectivity index (χ2n) is 3.78. The predicted molar refractivity (Wildman–Crippen MR) is 69.2 cm³/mol. The van der Waals surface area contributed by atoms with Gasteiger partial charge in [0.05, 0.1) is 25.5 Å². The molecule has 1 aromatic heterocycles. The zero-order chi connectivity index (χ0) is 12.3. The molecule has 0 fully saturated rings. The number of aromatic nitrogens is 1. The number of anilines is 1. The molecule has 0 radical (unpaired) electrons. The Balaban J connectivity index is 2.09. The van der Waals surface area contributed by atoms with Gasteiger partial charge in [0.15, 0.2) is 0 Å². The monoisotopic (exact) mass is 238 g/mol. The Bertz CT molecular complexity index is 305. The largest absolute Gasteiger partial charge is 0.379 e. The lowest BCUT2D eigenvalue weighted by Crippen LogP contribution is -2.06. The van der Waals surface area contributed by atoms with Gasteiger partial charge in [0.1, 0.15) is 5.82 Å². The third kappa shape index (κ3) is 6.24. The fourth-order valence-corrected chi connectivity index (χ4v) is 1.34. The lowest BCUT2D eigenvalue weighted by atomic mass is 10.3. The van der Waals surface area contributed by atoms with Crippen LogP contribution in [0, 0.1) is 0 Å². The van der Waals surface area contributed by atoms with Gasteiger partial charge < -0.3 is 14.8 Å². The molecule has 0 spiro atoms. The van der Waals surface area contributed by atoms with Gasteiger partial charge in [0, 0.05) is 13.7 Å². The Kier molecular flexibility index (Phi) is 7.34. The third-order valence-electron chi connectivity index (χ3n) is 2.33. The molecule has 0 aliphatic carbocycles. The number of hydrogen-bond acceptors (Lipinski definition) is 4. The van der Waals surface area contributed by atoms with Gasteiger partial charge in [-0.1, -0.05) is 19.4 Å². The van der Waals surface area contributed by atoms with Gasteiger partial charge in [-0.05, 0) is 18.6 Å². The van der Waals surface area contributed by atoms with E-state index in [9.17, 15) is 0 Å². The van der Waals surface area contributed by atoms with Crippen molar-refractivity contribution in [1.82, 2.24) is 4.98 Å². The van der Waals surface area contributed by atoms with Crippen LogP contribution in [0.3, 0.4) is 0 Å². The molecule has 1 heterocycles. The normalized spacial score (nSPS) is 10.5. The predicted octanol–water partition coefficient (Wildman–Crippen LogP) is 2.46. The molecule has 17 heavy (non-hydrogen) atoms. The van der Waals surface area contributed by atoms with Gasteiger partial charge in [-0.15, -0.1) is 0 Å². The van der Waals surface area contributed by atoms with Crippen molar-refractivity contribution < 1.29 is 9.47 Å². The van der Waals surface area contributed by atoms with Crippen molar-refractivity contribution in [3.05, 3.63) is 23.9 Å². The van der Waals surface area contributed by atoms with Gasteiger partial charge in [-0.3, -0.25) is 0 Å². The Morgan fingerprint density at radius 2 is 2.00 bits per heavy atom. The number of unbranched alkanes of at least 4 members (excludes halogenated alkanes) is 1. The fourth-order valence-electron chi connectivity index (χ4n) is 1.34. The lowest BCUT2D eigenvalue weighted by Gasteiger charge is -2.06. The van der Waals surface area contributed by atoms with Gasteiger partial charge >= 0.3 is 0 Å². The molecule has 0 saturated carbocycles. The van der Waals surface area contributed by atoms with E-state index >= 15 is 0 Å². The highest BCUT2D eigenvalue weighted by Gasteiger charge is 1.96. The van der Waals surface area contributed by atoms with Crippen LogP contribution >= 0.6 is 0 Å². The third-order valence-corrected chi connectivity index (χ3v) is 2.33. The van der Waals surface area contributed by atoms with Crippen molar-refractivity contribution in [2.75, 3.05) is 32.2 Å². The lowest BCUT2D eigenvalue weighted by molar-refractivity contribution is 0.0386. The quantitative estimate of drug-likeness (QED) is 0.671. The standard InChI is InChI=1S/C13H22N2O2/c1-3-4-8-16-9-10-17-11-12-6-5-7-13(14-2)15-12/h5-7H,3-4,8-11H2,1-2H3,(H,14,15). The van der Waals surface area contributed by atoms with E-state index in [0.29, 0.717) is 19.8 Å². The van der Waals surface area contributed by atoms with Crippen LogP contribution in [-0.4, -0.2) is 31.9 Å². The SMILES string of the molecule is CCCCOCCOCc1cccc(NC)n1. The summed E-state index contributed by atoms with van der Waals surface area (Å²) in [7, 11) is 1.86. The van der Waals surface area contributed by atoms with Gasteiger partial charge in [0.2, 0.25) is 0 Å². The smallest absolute Gasteiger partial charge is 0.126 e. The van der Waals surface area contributed by atoms with Crippen molar-refractivity contribution in [3.8, 4) is 0 Å². The topological polar surface area (TPSA) is 43.4 Å². The summed E-state index contributed by atoms with van der Waals surface area (Å²) in [5, 5.41) is 3.00. The van der Waals surface area contributed by atoms with E-state index in [1.165, 1.54) is 6.42 Å². The van der Waals surface area contributed by atoms with Crippen LogP contribution in [0.5, 0.6) is 0 Å². The summed E-state index contributed by atoms with van der Waals surface area (Å²) in [5.74, 6) is 0.866. The van der Waals surface area contributed by atoms with E-state index in [1.54, 1.807) is 0 Å². The van der Waals surface area contributed by atoms with E-state index in [-0.39, 0.29) is 0 Å². The Morgan fingerprint density at radius 3 is 2.76 bits per heavy atom. The van der Waals surface area contributed by atoms with E-state index < -0.39 is 0 Å². The number of rotatable bonds is 9. The number of pyridine rings is 1. The molecule has 1 rings (SSSR count). The van der Waals surface area contributed by atoms with Crippen LogP contribution in [0.4, 0.5) is 5.82 Å². The van der Waals surface area contributed by atoms with E-state index in [1.807, 2.05) is 25.2 Å². The molecule has 4 nitrogen and oxygen atoms in total. The number of hydrogen-bond donors (Lipinski definition) is 1. The van der Waals surface area contributed by atoms with Crippen LogP contribution in [0.15, 0.2) is 18.2 Å². The molecule has 4 heteroatoms. The molecule has 0 aromatic carbocycles. The molecule has 0 bridgehead atoms. The van der Waals surface area contributed by atoms with Crippen LogP contribution in [0.2, 0.25) is 0 Å². The maximum absolute atomic E-state index is 5.48. The average molecular weight is 238 g/mol. The minimum absolute atomic E-state index is 0.534. The Labute approximate surface area is 103 Å². The number of nitrogens with one attached hydrogen (secondary N) is 1. The molecule has 1 N–H and O–H groups in total. The molecule has 0 saturated heterocycles. The Morgan fingerprint density at radius 1 is 1.18 bits per heavy atom. The van der Waals surface area contributed by atoms with Crippen molar-refractivity contribution in [3.63, 3.8) is 0 Å². The van der Waals surface area contributed by atoms with E-state index in [2.05, 4.69) is 17.2 Å². The first-order valence-electron chi connectivity index (χ1n) is 6.16. The van der Waals surface area contributed by atoms with Gasteiger partial charge in [-0.2, -0.15) is 0 Å². The highest BCUT2D eigenvalue weighted by Crippen LogP contribution is 2.04. The second kappa shape index (κ2) is 8.96. The zero-order valence-electron chi connectivity index (χ0n) is 10.7. The van der Waals surface area contributed by atoms with Crippen LogP contribution < -0.4 is 5.32 Å². The average Bonchev–Trinajstić information content (AvgIpc) is 2.38. The molecule has 0 unspecified atom stereocenters. The minimum Gasteiger partial charge on any atom is -0.379 e. The summed E-state index contributed by atoms with van der Waals surface area (Å²) in [6.45, 7) is 4.79. The summed E-state index contributed by atoms with van der Waals surface area (Å²) < 4.78 is 10.9. The highest BCUT2D eigenvalue weighted by molar-refractivity contribution is 5.33. The zero-order valence-corrected chi connectivity index (χ0v) is 10.7. The molecule has 0 atom stereocenters. The van der Waals surface area contributed by atoms with E-state index in [4.69, 9.17) is 9.47 Å². The molecule has 0 amide bonds. The van der Waals surface area contributed by atoms with Crippen molar-refractivity contribution >= 4 is 5.82 Å². The fraction of sp³-hybridized carbons (Fsp3) is 0.615. The molecule has 0 aliphatic rings. The highest BCUT2D eigenvalue weighted by atomic mass is 16.5. The maximum atomic E-state index is 5.48. The van der Waals surface area contributed by atoms with Crippen LogP contribution in [0.25, 0.3) is 0 Å². The van der Waals surface area contributed by atoms with Crippen LogP contribution in [0.1, 0.15) is 25.5 Å². The minimum atomic E-state index is 0.534. The Hall–Kier alpha value is -1.13. The maximum Gasteiger partial charge on any atom is 0.126 e.